The van der Waals surface area contributed by atoms with Crippen LogP contribution in [0, 0.1) is 11.3 Å². The van der Waals surface area contributed by atoms with Gasteiger partial charge in [-0.1, -0.05) is 23.7 Å². The molecular formula is C21H13ClN2O5S. The average Bonchev–Trinajstić information content (AvgIpc) is 3.09. The van der Waals surface area contributed by atoms with Gasteiger partial charge in [0.05, 0.1) is 15.5 Å². The number of hydrogen-bond acceptors (Lipinski definition) is 6. The first kappa shape index (κ1) is 19.8. The molecule has 0 unspecified atom stereocenters. The number of carbonyl (C=O) groups excluding carboxylic acids is 1. The molecular weight excluding hydrogens is 428 g/mol. The number of anilines is 1. The van der Waals surface area contributed by atoms with Crippen LogP contribution < -0.4 is 9.46 Å². The molecule has 0 amide bonds. The van der Waals surface area contributed by atoms with Gasteiger partial charge in [-0.2, -0.15) is 5.26 Å². The molecule has 30 heavy (non-hydrogen) atoms. The van der Waals surface area contributed by atoms with E-state index >= 15 is 0 Å². The van der Waals surface area contributed by atoms with Crippen LogP contribution in [-0.4, -0.2) is 14.4 Å². The number of nitrogens with one attached hydrogen (secondary N) is 1. The number of sulfonamides is 1. The monoisotopic (exact) mass is 440 g/mol. The largest absolute Gasteiger partial charge is 0.457 e. The van der Waals surface area contributed by atoms with Crippen molar-refractivity contribution in [3.63, 3.8) is 0 Å². The fourth-order valence-electron chi connectivity index (χ4n) is 2.90. The summed E-state index contributed by atoms with van der Waals surface area (Å²) in [6.07, 6.45) is 0. The first-order chi connectivity index (χ1) is 14.4. The molecule has 0 fully saturated rings. The fourth-order valence-corrected chi connectivity index (χ4v) is 4.16. The van der Waals surface area contributed by atoms with Crippen LogP contribution in [0.2, 0.25) is 5.02 Å². The maximum atomic E-state index is 12.7. The highest BCUT2D eigenvalue weighted by molar-refractivity contribution is 7.92. The van der Waals surface area contributed by atoms with Gasteiger partial charge in [0.1, 0.15) is 29.7 Å². The van der Waals surface area contributed by atoms with Gasteiger partial charge in [-0.3, -0.25) is 4.72 Å². The van der Waals surface area contributed by atoms with Crippen LogP contribution in [0.15, 0.2) is 65.6 Å². The van der Waals surface area contributed by atoms with E-state index in [2.05, 4.69) is 4.72 Å². The molecule has 9 heteroatoms. The molecule has 3 aromatic rings. The summed E-state index contributed by atoms with van der Waals surface area (Å²) in [5, 5.41) is 9.47. The highest BCUT2D eigenvalue weighted by Crippen LogP contribution is 2.31. The topological polar surface area (TPSA) is 105 Å². The Morgan fingerprint density at radius 1 is 1.10 bits per heavy atom. The van der Waals surface area contributed by atoms with E-state index in [4.69, 9.17) is 21.1 Å². The van der Waals surface area contributed by atoms with Crippen molar-refractivity contribution in [3.8, 4) is 17.6 Å². The molecule has 1 heterocycles. The number of halogens is 1. The second-order valence-electron chi connectivity index (χ2n) is 6.35. The van der Waals surface area contributed by atoms with Gasteiger partial charge in [-0.05, 0) is 48.5 Å². The van der Waals surface area contributed by atoms with Crippen molar-refractivity contribution in [1.29, 1.82) is 5.26 Å². The van der Waals surface area contributed by atoms with Crippen molar-refractivity contribution < 1.29 is 22.7 Å². The molecule has 1 aliphatic heterocycles. The van der Waals surface area contributed by atoms with Crippen molar-refractivity contribution in [1.82, 2.24) is 0 Å². The summed E-state index contributed by atoms with van der Waals surface area (Å²) in [5.41, 5.74) is 1.49. The number of benzene rings is 3. The molecule has 0 bridgehead atoms. The van der Waals surface area contributed by atoms with Crippen LogP contribution in [0.3, 0.4) is 0 Å². The van der Waals surface area contributed by atoms with Gasteiger partial charge in [0, 0.05) is 11.3 Å². The molecule has 1 N–H and O–H groups in total. The van der Waals surface area contributed by atoms with Crippen molar-refractivity contribution >= 4 is 33.3 Å². The lowest BCUT2D eigenvalue weighted by molar-refractivity contribution is 0.0535. The van der Waals surface area contributed by atoms with Crippen LogP contribution >= 0.6 is 11.6 Å². The average molecular weight is 441 g/mol. The third kappa shape index (κ3) is 3.81. The summed E-state index contributed by atoms with van der Waals surface area (Å²) in [7, 11) is -3.89. The van der Waals surface area contributed by atoms with Crippen LogP contribution in [-0.2, 0) is 21.4 Å². The number of hydrogen-bond donors (Lipinski definition) is 1. The van der Waals surface area contributed by atoms with Gasteiger partial charge < -0.3 is 9.47 Å². The molecule has 7 nitrogen and oxygen atoms in total. The van der Waals surface area contributed by atoms with E-state index in [1.165, 1.54) is 30.3 Å². The van der Waals surface area contributed by atoms with E-state index in [0.29, 0.717) is 16.9 Å². The van der Waals surface area contributed by atoms with Crippen LogP contribution in [0.4, 0.5) is 5.69 Å². The molecule has 1 aliphatic rings. The van der Waals surface area contributed by atoms with Gasteiger partial charge in [-0.25, -0.2) is 13.2 Å². The summed E-state index contributed by atoms with van der Waals surface area (Å²) in [6, 6.07) is 17.1. The molecule has 0 atom stereocenters. The zero-order chi connectivity index (χ0) is 21.3. The minimum absolute atomic E-state index is 0.00419. The van der Waals surface area contributed by atoms with Gasteiger partial charge in [-0.15, -0.1) is 0 Å². The molecule has 0 aliphatic carbocycles. The normalized spacial score (nSPS) is 12.6. The van der Waals surface area contributed by atoms with Gasteiger partial charge in [0.25, 0.3) is 10.0 Å². The SMILES string of the molecule is N#Cc1c(Cl)cccc1Oc1ccc(S(=O)(=O)Nc2ccc3c(c2)C(=O)OC3)cc1. The lowest BCUT2D eigenvalue weighted by atomic mass is 10.1. The van der Waals surface area contributed by atoms with Crippen molar-refractivity contribution in [2.75, 3.05) is 4.72 Å². The number of nitriles is 1. The predicted molar refractivity (Wildman–Crippen MR) is 109 cm³/mol. The summed E-state index contributed by atoms with van der Waals surface area (Å²) in [4.78, 5) is 11.7. The lowest BCUT2D eigenvalue weighted by Crippen LogP contribution is -2.13. The van der Waals surface area contributed by atoms with E-state index in [9.17, 15) is 18.5 Å². The number of rotatable bonds is 5. The Morgan fingerprint density at radius 2 is 1.87 bits per heavy atom. The number of esters is 1. The minimum Gasteiger partial charge on any atom is -0.457 e. The number of carbonyl (C=O) groups is 1. The van der Waals surface area contributed by atoms with E-state index in [0.717, 1.165) is 0 Å². The number of fused-ring (bicyclic) bond motifs is 1. The molecule has 0 saturated heterocycles. The Kier molecular flexibility index (Phi) is 5.08. The van der Waals surface area contributed by atoms with Crippen molar-refractivity contribution in [2.45, 2.75) is 11.5 Å². The fraction of sp³-hybridized carbons (Fsp3) is 0.0476. The van der Waals surface area contributed by atoms with Crippen LogP contribution in [0.25, 0.3) is 0 Å². The quantitative estimate of drug-likeness (QED) is 0.586. The van der Waals surface area contributed by atoms with E-state index < -0.39 is 16.0 Å². The second-order valence-corrected chi connectivity index (χ2v) is 8.44. The highest BCUT2D eigenvalue weighted by Gasteiger charge is 2.22. The standard InChI is InChI=1S/C21H13ClN2O5S/c22-19-2-1-3-20(18(19)11-23)29-15-6-8-16(9-7-15)30(26,27)24-14-5-4-13-12-28-21(25)17(13)10-14/h1-10,24H,12H2. The maximum absolute atomic E-state index is 12.7. The third-order valence-electron chi connectivity index (χ3n) is 4.39. The smallest absolute Gasteiger partial charge is 0.338 e. The third-order valence-corrected chi connectivity index (χ3v) is 6.10. The Labute approximate surface area is 177 Å². The first-order valence-corrected chi connectivity index (χ1v) is 10.5. The van der Waals surface area contributed by atoms with Crippen molar-refractivity contribution in [3.05, 3.63) is 82.4 Å². The van der Waals surface area contributed by atoms with Crippen LogP contribution in [0.1, 0.15) is 21.5 Å². The first-order valence-electron chi connectivity index (χ1n) is 8.67. The number of nitrogens with zero attached hydrogens (tertiary/aromatic N) is 1. The zero-order valence-electron chi connectivity index (χ0n) is 15.3. The number of ether oxygens (including phenoxy) is 2. The van der Waals surface area contributed by atoms with Gasteiger partial charge in [0.2, 0.25) is 0 Å². The Bertz CT molecular complexity index is 1300. The summed E-state index contributed by atoms with van der Waals surface area (Å²) >= 11 is 5.98. The Hall–Kier alpha value is -3.54. The maximum Gasteiger partial charge on any atom is 0.338 e. The van der Waals surface area contributed by atoms with E-state index in [1.54, 1.807) is 30.3 Å². The molecule has 0 aromatic heterocycles. The molecule has 0 radical (unpaired) electrons. The van der Waals surface area contributed by atoms with E-state index in [-0.39, 0.29) is 33.5 Å². The predicted octanol–water partition coefficient (Wildman–Crippen LogP) is 4.48. The number of cyclic esters (lactones) is 1. The minimum atomic E-state index is -3.89. The molecule has 0 saturated carbocycles. The summed E-state index contributed by atoms with van der Waals surface area (Å²) in [5.74, 6) is 0.127. The lowest BCUT2D eigenvalue weighted by Gasteiger charge is -2.11. The molecule has 4 rings (SSSR count). The molecule has 3 aromatic carbocycles. The van der Waals surface area contributed by atoms with Crippen molar-refractivity contribution in [2.24, 2.45) is 0 Å². The van der Waals surface area contributed by atoms with Crippen LogP contribution in [0.5, 0.6) is 11.5 Å². The summed E-state index contributed by atoms with van der Waals surface area (Å²) in [6.45, 7) is 0.183. The molecule has 0 spiro atoms. The molecule has 150 valence electrons. The summed E-state index contributed by atoms with van der Waals surface area (Å²) < 4.78 is 38.4. The van der Waals surface area contributed by atoms with Gasteiger partial charge >= 0.3 is 5.97 Å². The van der Waals surface area contributed by atoms with Gasteiger partial charge in [0.15, 0.2) is 0 Å². The Balaban J connectivity index is 1.54. The second kappa shape index (κ2) is 7.71. The Morgan fingerprint density at radius 3 is 2.60 bits per heavy atom. The highest BCUT2D eigenvalue weighted by atomic mass is 35.5. The zero-order valence-corrected chi connectivity index (χ0v) is 16.8. The van der Waals surface area contributed by atoms with E-state index in [1.807, 2.05) is 6.07 Å².